The molecule has 31 heavy (non-hydrogen) atoms. The molecule has 0 saturated carbocycles. The van der Waals surface area contributed by atoms with Crippen molar-refractivity contribution >= 4 is 67.0 Å². The minimum Gasteiger partial charge on any atom is -0.493 e. The zero-order chi connectivity index (χ0) is 22.0. The zero-order valence-electron chi connectivity index (χ0n) is 17.1. The third kappa shape index (κ3) is 4.49. The van der Waals surface area contributed by atoms with Gasteiger partial charge in [-0.2, -0.15) is 0 Å². The highest BCUT2D eigenvalue weighted by Crippen LogP contribution is 2.39. The first-order chi connectivity index (χ1) is 15.0. The smallest absolute Gasteiger partial charge is 0.266 e. The molecule has 1 saturated heterocycles. The van der Waals surface area contributed by atoms with Crippen molar-refractivity contribution in [1.82, 2.24) is 4.90 Å². The first-order valence-corrected chi connectivity index (χ1v) is 11.8. The third-order valence-electron chi connectivity index (χ3n) is 4.99. The molecular formula is C24H20BrNO3S2. The maximum absolute atomic E-state index is 12.5. The molecule has 0 unspecified atom stereocenters. The molecule has 1 aliphatic heterocycles. The Hall–Kier alpha value is -2.35. The molecule has 7 heteroatoms. The number of halogens is 1. The van der Waals surface area contributed by atoms with Crippen molar-refractivity contribution in [3.63, 3.8) is 0 Å². The number of hydrogen-bond acceptors (Lipinski definition) is 5. The van der Waals surface area contributed by atoms with E-state index in [0.29, 0.717) is 33.9 Å². The number of carbonyl (C=O) groups excluding carboxylic acids is 1. The number of benzene rings is 3. The average molecular weight is 514 g/mol. The Bertz CT molecular complexity index is 1200. The lowest BCUT2D eigenvalue weighted by Crippen LogP contribution is -2.27. The van der Waals surface area contributed by atoms with Crippen LogP contribution in [0.3, 0.4) is 0 Å². The third-order valence-corrected chi connectivity index (χ3v) is 6.96. The van der Waals surface area contributed by atoms with Crippen molar-refractivity contribution in [2.24, 2.45) is 0 Å². The van der Waals surface area contributed by atoms with E-state index in [9.17, 15) is 4.79 Å². The van der Waals surface area contributed by atoms with Gasteiger partial charge in [0.15, 0.2) is 11.5 Å². The van der Waals surface area contributed by atoms with Crippen molar-refractivity contribution in [1.29, 1.82) is 0 Å². The molecule has 0 N–H and O–H groups in total. The van der Waals surface area contributed by atoms with Gasteiger partial charge in [0.2, 0.25) is 0 Å². The number of ether oxygens (including phenoxy) is 2. The Morgan fingerprint density at radius 3 is 2.68 bits per heavy atom. The second-order valence-electron chi connectivity index (χ2n) is 6.89. The molecular weight excluding hydrogens is 494 g/mol. The maximum Gasteiger partial charge on any atom is 0.266 e. The van der Waals surface area contributed by atoms with Crippen LogP contribution in [0.4, 0.5) is 0 Å². The predicted molar refractivity (Wildman–Crippen MR) is 135 cm³/mol. The summed E-state index contributed by atoms with van der Waals surface area (Å²) in [6.45, 7) is 2.89. The minimum absolute atomic E-state index is 0.0659. The summed E-state index contributed by atoms with van der Waals surface area (Å²) in [5.41, 5.74) is 1.93. The normalized spacial score (nSPS) is 15.2. The highest BCUT2D eigenvalue weighted by molar-refractivity contribution is 9.10. The van der Waals surface area contributed by atoms with Gasteiger partial charge in [0.05, 0.1) is 16.5 Å². The number of carbonyl (C=O) groups is 1. The van der Waals surface area contributed by atoms with Gasteiger partial charge in [-0.3, -0.25) is 9.69 Å². The molecule has 0 spiro atoms. The highest BCUT2D eigenvalue weighted by atomic mass is 79.9. The number of methoxy groups -OCH3 is 1. The summed E-state index contributed by atoms with van der Waals surface area (Å²) in [4.78, 5) is 14.7. The van der Waals surface area contributed by atoms with Crippen LogP contribution in [0.5, 0.6) is 11.5 Å². The summed E-state index contributed by atoms with van der Waals surface area (Å²) >= 11 is 10.2. The molecule has 4 rings (SSSR count). The Kier molecular flexibility index (Phi) is 6.65. The van der Waals surface area contributed by atoms with Gasteiger partial charge in [-0.25, -0.2) is 0 Å². The van der Waals surface area contributed by atoms with Crippen molar-refractivity contribution < 1.29 is 14.3 Å². The van der Waals surface area contributed by atoms with Crippen molar-refractivity contribution in [2.45, 2.75) is 13.5 Å². The Morgan fingerprint density at radius 2 is 1.94 bits per heavy atom. The molecule has 3 aromatic rings. The fourth-order valence-corrected chi connectivity index (χ4v) is 5.41. The van der Waals surface area contributed by atoms with Crippen molar-refractivity contribution in [2.75, 3.05) is 13.7 Å². The van der Waals surface area contributed by atoms with E-state index in [0.717, 1.165) is 21.0 Å². The highest BCUT2D eigenvalue weighted by Gasteiger charge is 2.30. The van der Waals surface area contributed by atoms with Crippen LogP contribution >= 0.6 is 39.9 Å². The quantitative estimate of drug-likeness (QED) is 0.281. The molecule has 0 atom stereocenters. The van der Waals surface area contributed by atoms with Gasteiger partial charge in [-0.05, 0) is 63.0 Å². The summed E-state index contributed by atoms with van der Waals surface area (Å²) in [6.07, 6.45) is 1.83. The summed E-state index contributed by atoms with van der Waals surface area (Å²) in [5, 5.41) is 2.34. The van der Waals surface area contributed by atoms with Crippen molar-refractivity contribution in [3.05, 3.63) is 75.1 Å². The Morgan fingerprint density at radius 1 is 1.16 bits per heavy atom. The fraction of sp³-hybridized carbons (Fsp3) is 0.167. The molecule has 0 aromatic heterocycles. The van der Waals surface area contributed by atoms with E-state index in [1.54, 1.807) is 12.0 Å². The first kappa shape index (κ1) is 21.9. The second-order valence-corrected chi connectivity index (χ2v) is 9.42. The fourth-order valence-electron chi connectivity index (χ4n) is 3.46. The van der Waals surface area contributed by atoms with Crippen LogP contribution in [0, 0.1) is 0 Å². The number of thiocarbonyl (C=S) groups is 1. The van der Waals surface area contributed by atoms with Gasteiger partial charge in [0, 0.05) is 6.54 Å². The van der Waals surface area contributed by atoms with Gasteiger partial charge in [0.1, 0.15) is 10.9 Å². The van der Waals surface area contributed by atoms with E-state index in [-0.39, 0.29) is 5.91 Å². The van der Waals surface area contributed by atoms with E-state index in [2.05, 4.69) is 40.2 Å². The van der Waals surface area contributed by atoms with E-state index in [1.165, 1.54) is 17.1 Å². The number of fused-ring (bicyclic) bond motifs is 1. The standard InChI is InChI=1S/C24H20BrNO3S2/c1-3-26-23(27)21(31-24(26)30)13-15-11-19(25)22(20(12-15)28-2)29-14-17-9-6-8-16-7-4-5-10-18(16)17/h4-13H,3,14H2,1-2H3/b21-13+. The van der Waals surface area contributed by atoms with Crippen LogP contribution in [-0.2, 0) is 11.4 Å². The first-order valence-electron chi connectivity index (χ1n) is 9.74. The molecule has 158 valence electrons. The summed E-state index contributed by atoms with van der Waals surface area (Å²) in [6, 6.07) is 18.2. The summed E-state index contributed by atoms with van der Waals surface area (Å²) < 4.78 is 13.1. The number of rotatable bonds is 6. The Labute approximate surface area is 199 Å². The monoisotopic (exact) mass is 513 g/mol. The lowest BCUT2D eigenvalue weighted by Gasteiger charge is -2.15. The van der Waals surface area contributed by atoms with Crippen LogP contribution in [-0.4, -0.2) is 28.8 Å². The summed E-state index contributed by atoms with van der Waals surface area (Å²) in [5.74, 6) is 1.14. The Balaban J connectivity index is 1.61. The van der Waals surface area contributed by atoms with Crippen LogP contribution in [0.25, 0.3) is 16.8 Å². The van der Waals surface area contributed by atoms with Crippen molar-refractivity contribution in [3.8, 4) is 11.5 Å². The van der Waals surface area contributed by atoms with E-state index < -0.39 is 0 Å². The van der Waals surface area contributed by atoms with Gasteiger partial charge in [-0.1, -0.05) is 66.4 Å². The van der Waals surface area contributed by atoms with Gasteiger partial charge < -0.3 is 9.47 Å². The zero-order valence-corrected chi connectivity index (χ0v) is 20.3. The molecule has 1 heterocycles. The molecule has 3 aromatic carbocycles. The molecule has 0 radical (unpaired) electrons. The molecule has 1 fully saturated rings. The number of amides is 1. The van der Waals surface area contributed by atoms with E-state index >= 15 is 0 Å². The van der Waals surface area contributed by atoms with Gasteiger partial charge in [0.25, 0.3) is 5.91 Å². The van der Waals surface area contributed by atoms with Gasteiger partial charge >= 0.3 is 0 Å². The lowest BCUT2D eigenvalue weighted by molar-refractivity contribution is -0.121. The second kappa shape index (κ2) is 9.42. The number of thioether (sulfide) groups is 1. The van der Waals surface area contributed by atoms with Crippen LogP contribution < -0.4 is 9.47 Å². The van der Waals surface area contributed by atoms with E-state index in [4.69, 9.17) is 21.7 Å². The molecule has 1 aliphatic rings. The summed E-state index contributed by atoms with van der Waals surface area (Å²) in [7, 11) is 1.60. The number of nitrogens with zero attached hydrogens (tertiary/aromatic N) is 1. The number of hydrogen-bond donors (Lipinski definition) is 0. The molecule has 1 amide bonds. The lowest BCUT2D eigenvalue weighted by atomic mass is 10.1. The van der Waals surface area contributed by atoms with Crippen LogP contribution in [0.2, 0.25) is 0 Å². The molecule has 0 aliphatic carbocycles. The van der Waals surface area contributed by atoms with Gasteiger partial charge in [-0.15, -0.1) is 0 Å². The van der Waals surface area contributed by atoms with E-state index in [1.807, 2.05) is 43.3 Å². The van der Waals surface area contributed by atoms with Crippen LogP contribution in [0.1, 0.15) is 18.1 Å². The maximum atomic E-state index is 12.5. The minimum atomic E-state index is -0.0659. The number of likely N-dealkylation sites (N-methyl/N-ethyl adjacent to an activating group) is 1. The predicted octanol–water partition coefficient (Wildman–Crippen LogP) is 6.41. The molecule has 4 nitrogen and oxygen atoms in total. The SMILES string of the molecule is CCN1C(=O)/C(=C\c2cc(Br)c(OCc3cccc4ccccc34)c(OC)c2)SC1=S. The largest absolute Gasteiger partial charge is 0.493 e. The topological polar surface area (TPSA) is 38.8 Å². The molecule has 0 bridgehead atoms. The average Bonchev–Trinajstić information content (AvgIpc) is 3.04. The van der Waals surface area contributed by atoms with Crippen LogP contribution in [0.15, 0.2) is 64.0 Å².